The van der Waals surface area contributed by atoms with Gasteiger partial charge in [0.2, 0.25) is 0 Å². The Hall–Kier alpha value is -1.26. The molecule has 0 spiro atoms. The molecule has 0 aliphatic heterocycles. The lowest BCUT2D eigenvalue weighted by atomic mass is 9.97. The number of carboxylic acids is 1. The topological polar surface area (TPSA) is 78.4 Å². The third kappa shape index (κ3) is 5.09. The van der Waals surface area contributed by atoms with E-state index < -0.39 is 12.0 Å². The Morgan fingerprint density at radius 1 is 1.16 bits per heavy atom. The number of urea groups is 1. The quantitative estimate of drug-likeness (QED) is 0.686. The van der Waals surface area contributed by atoms with Crippen LogP contribution in [0, 0.1) is 11.8 Å². The van der Waals surface area contributed by atoms with Gasteiger partial charge in [0.15, 0.2) is 0 Å². The van der Waals surface area contributed by atoms with Crippen molar-refractivity contribution in [1.82, 2.24) is 10.6 Å². The SMILES string of the molecule is CC1CCCCCC1NC(=O)N[C@@H](C(=O)O)C(C)C. The molecule has 3 atom stereocenters. The first kappa shape index (κ1) is 15.8. The molecule has 0 aromatic carbocycles. The van der Waals surface area contributed by atoms with Crippen LogP contribution in [-0.2, 0) is 4.79 Å². The standard InChI is InChI=1S/C14H26N2O3/c1-9(2)12(13(17)18)16-14(19)15-11-8-6-4-5-7-10(11)3/h9-12H,4-8H2,1-3H3,(H,17,18)(H2,15,16,19)/t10?,11?,12-/m1/s1. The van der Waals surface area contributed by atoms with Crippen LogP contribution in [0.3, 0.4) is 0 Å². The van der Waals surface area contributed by atoms with Gasteiger partial charge in [-0.1, -0.05) is 40.0 Å². The first-order valence-electron chi connectivity index (χ1n) is 7.21. The predicted octanol–water partition coefficient (Wildman–Crippen LogP) is 2.36. The Labute approximate surface area is 115 Å². The average Bonchev–Trinajstić information content (AvgIpc) is 2.51. The summed E-state index contributed by atoms with van der Waals surface area (Å²) < 4.78 is 0. The molecule has 3 N–H and O–H groups in total. The maximum atomic E-state index is 11.9. The second-order valence-electron chi connectivity index (χ2n) is 5.90. The zero-order valence-electron chi connectivity index (χ0n) is 12.1. The van der Waals surface area contributed by atoms with Crippen LogP contribution in [0.4, 0.5) is 4.79 Å². The van der Waals surface area contributed by atoms with E-state index in [0.717, 1.165) is 19.3 Å². The zero-order chi connectivity index (χ0) is 14.4. The Kier molecular flexibility index (Phi) is 6.12. The highest BCUT2D eigenvalue weighted by molar-refractivity contribution is 5.82. The molecule has 0 heterocycles. The minimum Gasteiger partial charge on any atom is -0.480 e. The van der Waals surface area contributed by atoms with Crippen LogP contribution < -0.4 is 10.6 Å². The molecule has 0 bridgehead atoms. The average molecular weight is 270 g/mol. The molecule has 2 amide bonds. The molecular weight excluding hydrogens is 244 g/mol. The molecule has 1 aliphatic rings. The second-order valence-corrected chi connectivity index (χ2v) is 5.90. The van der Waals surface area contributed by atoms with E-state index in [1.165, 1.54) is 12.8 Å². The van der Waals surface area contributed by atoms with Gasteiger partial charge in [0.05, 0.1) is 0 Å². The van der Waals surface area contributed by atoms with Crippen molar-refractivity contribution in [3.05, 3.63) is 0 Å². The van der Waals surface area contributed by atoms with Gasteiger partial charge < -0.3 is 15.7 Å². The summed E-state index contributed by atoms with van der Waals surface area (Å²) in [6.45, 7) is 5.72. The normalized spacial score (nSPS) is 25.5. The molecule has 0 aromatic heterocycles. The summed E-state index contributed by atoms with van der Waals surface area (Å²) in [5.41, 5.74) is 0. The summed E-state index contributed by atoms with van der Waals surface area (Å²) in [7, 11) is 0. The van der Waals surface area contributed by atoms with E-state index >= 15 is 0 Å². The van der Waals surface area contributed by atoms with Crippen LogP contribution in [0.15, 0.2) is 0 Å². The van der Waals surface area contributed by atoms with Crippen LogP contribution in [0.1, 0.15) is 52.9 Å². The highest BCUT2D eigenvalue weighted by Gasteiger charge is 2.26. The van der Waals surface area contributed by atoms with Gasteiger partial charge in [-0.25, -0.2) is 9.59 Å². The fourth-order valence-corrected chi connectivity index (χ4v) is 2.57. The highest BCUT2D eigenvalue weighted by atomic mass is 16.4. The first-order valence-corrected chi connectivity index (χ1v) is 7.21. The molecule has 5 heteroatoms. The largest absolute Gasteiger partial charge is 0.480 e. The minimum absolute atomic E-state index is 0.130. The van der Waals surface area contributed by atoms with Gasteiger partial charge in [0, 0.05) is 6.04 Å². The third-order valence-electron chi connectivity index (χ3n) is 3.90. The lowest BCUT2D eigenvalue weighted by molar-refractivity contribution is -0.140. The van der Waals surface area contributed by atoms with Crippen molar-refractivity contribution in [1.29, 1.82) is 0 Å². The van der Waals surface area contributed by atoms with Gasteiger partial charge in [-0.05, 0) is 24.7 Å². The molecule has 2 unspecified atom stereocenters. The van der Waals surface area contributed by atoms with E-state index in [4.69, 9.17) is 5.11 Å². The summed E-state index contributed by atoms with van der Waals surface area (Å²) in [5, 5.41) is 14.5. The Balaban J connectivity index is 2.51. The van der Waals surface area contributed by atoms with E-state index in [1.807, 2.05) is 0 Å². The lowest BCUT2D eigenvalue weighted by Crippen LogP contribution is -2.52. The summed E-state index contributed by atoms with van der Waals surface area (Å²) in [4.78, 5) is 22.9. The minimum atomic E-state index is -0.987. The van der Waals surface area contributed by atoms with Crippen LogP contribution in [-0.4, -0.2) is 29.2 Å². The van der Waals surface area contributed by atoms with Crippen molar-refractivity contribution in [3.63, 3.8) is 0 Å². The van der Waals surface area contributed by atoms with Crippen molar-refractivity contribution in [2.24, 2.45) is 11.8 Å². The molecule has 1 aliphatic carbocycles. The lowest BCUT2D eigenvalue weighted by Gasteiger charge is -2.25. The summed E-state index contributed by atoms with van der Waals surface area (Å²) >= 11 is 0. The van der Waals surface area contributed by atoms with Crippen molar-refractivity contribution in [3.8, 4) is 0 Å². The fourth-order valence-electron chi connectivity index (χ4n) is 2.57. The van der Waals surface area contributed by atoms with Gasteiger partial charge in [-0.3, -0.25) is 0 Å². The maximum absolute atomic E-state index is 11.9. The molecule has 1 saturated carbocycles. The number of nitrogens with one attached hydrogen (secondary N) is 2. The molecule has 1 rings (SSSR count). The van der Waals surface area contributed by atoms with Crippen molar-refractivity contribution < 1.29 is 14.7 Å². The van der Waals surface area contributed by atoms with E-state index in [2.05, 4.69) is 17.6 Å². The number of hydrogen-bond donors (Lipinski definition) is 3. The Morgan fingerprint density at radius 3 is 2.37 bits per heavy atom. The van der Waals surface area contributed by atoms with Crippen molar-refractivity contribution in [2.75, 3.05) is 0 Å². The van der Waals surface area contributed by atoms with Crippen LogP contribution in [0.2, 0.25) is 0 Å². The number of amides is 2. The van der Waals surface area contributed by atoms with E-state index in [1.54, 1.807) is 13.8 Å². The van der Waals surface area contributed by atoms with Gasteiger partial charge in [-0.15, -0.1) is 0 Å². The maximum Gasteiger partial charge on any atom is 0.326 e. The van der Waals surface area contributed by atoms with Crippen molar-refractivity contribution >= 4 is 12.0 Å². The summed E-state index contributed by atoms with van der Waals surface area (Å²) in [6, 6.07) is -1.04. The molecule has 110 valence electrons. The number of rotatable bonds is 4. The van der Waals surface area contributed by atoms with Crippen LogP contribution in [0.25, 0.3) is 0 Å². The number of carboxylic acid groups (broad SMARTS) is 1. The molecule has 0 aromatic rings. The van der Waals surface area contributed by atoms with Crippen LogP contribution >= 0.6 is 0 Å². The number of carbonyl (C=O) groups excluding carboxylic acids is 1. The molecular formula is C14H26N2O3. The van der Waals surface area contributed by atoms with E-state index in [0.29, 0.717) is 5.92 Å². The summed E-state index contributed by atoms with van der Waals surface area (Å²) in [5.74, 6) is -0.663. The zero-order valence-corrected chi connectivity index (χ0v) is 12.1. The third-order valence-corrected chi connectivity index (χ3v) is 3.90. The predicted molar refractivity (Wildman–Crippen MR) is 74.0 cm³/mol. The van der Waals surface area contributed by atoms with Crippen LogP contribution in [0.5, 0.6) is 0 Å². The van der Waals surface area contributed by atoms with Gasteiger partial charge >= 0.3 is 12.0 Å². The smallest absolute Gasteiger partial charge is 0.326 e. The molecule has 1 fully saturated rings. The monoisotopic (exact) mass is 270 g/mol. The Bertz CT molecular complexity index is 318. The molecule has 0 radical (unpaired) electrons. The number of carbonyl (C=O) groups is 2. The van der Waals surface area contributed by atoms with Gasteiger partial charge in [0.25, 0.3) is 0 Å². The molecule has 0 saturated heterocycles. The van der Waals surface area contributed by atoms with E-state index in [-0.39, 0.29) is 18.0 Å². The van der Waals surface area contributed by atoms with Gasteiger partial charge in [0.1, 0.15) is 6.04 Å². The summed E-state index contributed by atoms with van der Waals surface area (Å²) in [6.07, 6.45) is 5.66. The fraction of sp³-hybridized carbons (Fsp3) is 0.857. The second kappa shape index (κ2) is 7.36. The Morgan fingerprint density at radius 2 is 1.79 bits per heavy atom. The van der Waals surface area contributed by atoms with Gasteiger partial charge in [-0.2, -0.15) is 0 Å². The highest BCUT2D eigenvalue weighted by Crippen LogP contribution is 2.22. The number of hydrogen-bond acceptors (Lipinski definition) is 2. The van der Waals surface area contributed by atoms with Crippen molar-refractivity contribution in [2.45, 2.75) is 65.0 Å². The molecule has 5 nitrogen and oxygen atoms in total. The number of aliphatic carboxylic acids is 1. The molecule has 19 heavy (non-hydrogen) atoms. The van der Waals surface area contributed by atoms with E-state index in [9.17, 15) is 9.59 Å². The first-order chi connectivity index (χ1) is 8.91.